The number of benzene rings is 2. The zero-order chi connectivity index (χ0) is 18.9. The SMILES string of the molecule is COc1cccc(OCCNC(=O)Nc2cccc(COCC3CC3)c2)c1. The zero-order valence-electron chi connectivity index (χ0n) is 15.6. The van der Waals surface area contributed by atoms with Crippen molar-refractivity contribution in [3.8, 4) is 11.5 Å². The average molecular weight is 370 g/mol. The molecule has 2 aromatic rings. The lowest BCUT2D eigenvalue weighted by molar-refractivity contribution is 0.111. The highest BCUT2D eigenvalue weighted by Gasteiger charge is 2.21. The normalized spacial score (nSPS) is 13.1. The second kappa shape index (κ2) is 9.83. The van der Waals surface area contributed by atoms with E-state index >= 15 is 0 Å². The van der Waals surface area contributed by atoms with Gasteiger partial charge in [0.2, 0.25) is 0 Å². The smallest absolute Gasteiger partial charge is 0.319 e. The Hall–Kier alpha value is -2.73. The van der Waals surface area contributed by atoms with Crippen molar-refractivity contribution >= 4 is 11.7 Å². The average Bonchev–Trinajstić information content (AvgIpc) is 3.50. The van der Waals surface area contributed by atoms with Gasteiger partial charge in [0, 0.05) is 18.4 Å². The van der Waals surface area contributed by atoms with Gasteiger partial charge in [-0.05, 0) is 48.6 Å². The predicted molar refractivity (Wildman–Crippen MR) is 104 cm³/mol. The standard InChI is InChI=1S/C21H26N2O4/c1-25-19-6-3-7-20(13-19)27-11-10-22-21(24)23-18-5-2-4-17(12-18)15-26-14-16-8-9-16/h2-7,12-13,16H,8-11,14-15H2,1H3,(H2,22,23,24). The van der Waals surface area contributed by atoms with Crippen molar-refractivity contribution in [1.82, 2.24) is 5.32 Å². The van der Waals surface area contributed by atoms with Gasteiger partial charge in [-0.25, -0.2) is 4.79 Å². The van der Waals surface area contributed by atoms with Gasteiger partial charge in [-0.15, -0.1) is 0 Å². The summed E-state index contributed by atoms with van der Waals surface area (Å²) in [4.78, 5) is 12.0. The van der Waals surface area contributed by atoms with Crippen LogP contribution in [0.25, 0.3) is 0 Å². The molecule has 0 radical (unpaired) electrons. The van der Waals surface area contributed by atoms with Gasteiger partial charge in [0.25, 0.3) is 0 Å². The Balaban J connectivity index is 1.35. The maximum absolute atomic E-state index is 12.0. The number of nitrogens with one attached hydrogen (secondary N) is 2. The van der Waals surface area contributed by atoms with Crippen molar-refractivity contribution in [2.45, 2.75) is 19.4 Å². The molecule has 1 aliphatic rings. The summed E-state index contributed by atoms with van der Waals surface area (Å²) >= 11 is 0. The molecule has 2 N–H and O–H groups in total. The van der Waals surface area contributed by atoms with Crippen LogP contribution in [-0.2, 0) is 11.3 Å². The van der Waals surface area contributed by atoms with E-state index in [-0.39, 0.29) is 6.03 Å². The summed E-state index contributed by atoms with van der Waals surface area (Å²) in [5, 5.41) is 5.61. The second-order valence-electron chi connectivity index (χ2n) is 6.57. The van der Waals surface area contributed by atoms with E-state index in [1.807, 2.05) is 42.5 Å². The summed E-state index contributed by atoms with van der Waals surface area (Å²) in [6.07, 6.45) is 2.56. The lowest BCUT2D eigenvalue weighted by atomic mass is 10.2. The van der Waals surface area contributed by atoms with Crippen LogP contribution in [-0.4, -0.2) is 32.9 Å². The van der Waals surface area contributed by atoms with Crippen molar-refractivity contribution < 1.29 is 19.0 Å². The highest BCUT2D eigenvalue weighted by molar-refractivity contribution is 5.89. The van der Waals surface area contributed by atoms with Crippen LogP contribution < -0.4 is 20.1 Å². The molecule has 2 aromatic carbocycles. The number of anilines is 1. The number of rotatable bonds is 10. The van der Waals surface area contributed by atoms with Crippen molar-refractivity contribution in [3.63, 3.8) is 0 Å². The van der Waals surface area contributed by atoms with Crippen LogP contribution in [0.2, 0.25) is 0 Å². The lowest BCUT2D eigenvalue weighted by Crippen LogP contribution is -2.32. The Bertz CT molecular complexity index is 746. The molecule has 1 aliphatic carbocycles. The number of amides is 2. The first kappa shape index (κ1) is 19.0. The van der Waals surface area contributed by atoms with Crippen LogP contribution in [0, 0.1) is 5.92 Å². The third-order valence-electron chi connectivity index (χ3n) is 4.20. The molecule has 0 spiro atoms. The number of urea groups is 1. The molecule has 2 amide bonds. The molecule has 1 saturated carbocycles. The van der Waals surface area contributed by atoms with E-state index in [0.29, 0.717) is 25.5 Å². The predicted octanol–water partition coefficient (Wildman–Crippen LogP) is 3.82. The highest BCUT2D eigenvalue weighted by Crippen LogP contribution is 2.29. The molecule has 0 aliphatic heterocycles. The quantitative estimate of drug-likeness (QED) is 0.624. The molecular weight excluding hydrogens is 344 g/mol. The van der Waals surface area contributed by atoms with E-state index in [1.165, 1.54) is 12.8 Å². The summed E-state index contributed by atoms with van der Waals surface area (Å²) in [5.41, 5.74) is 1.79. The Labute approximate surface area is 159 Å². The van der Waals surface area contributed by atoms with Crippen molar-refractivity contribution in [3.05, 3.63) is 54.1 Å². The Morgan fingerprint density at radius 1 is 1.11 bits per heavy atom. The van der Waals surface area contributed by atoms with Gasteiger partial charge in [0.15, 0.2) is 0 Å². The fraction of sp³-hybridized carbons (Fsp3) is 0.381. The molecule has 1 fully saturated rings. The molecule has 3 rings (SSSR count). The minimum atomic E-state index is -0.264. The van der Waals surface area contributed by atoms with Gasteiger partial charge >= 0.3 is 6.03 Å². The molecule has 0 atom stereocenters. The monoisotopic (exact) mass is 370 g/mol. The molecule has 6 nitrogen and oxygen atoms in total. The molecule has 0 saturated heterocycles. The van der Waals surface area contributed by atoms with E-state index < -0.39 is 0 Å². The highest BCUT2D eigenvalue weighted by atomic mass is 16.5. The van der Waals surface area contributed by atoms with Crippen LogP contribution in [0.4, 0.5) is 10.5 Å². The van der Waals surface area contributed by atoms with E-state index in [1.54, 1.807) is 13.2 Å². The first-order chi connectivity index (χ1) is 13.2. The Morgan fingerprint density at radius 2 is 1.93 bits per heavy atom. The number of hydrogen-bond donors (Lipinski definition) is 2. The van der Waals surface area contributed by atoms with Crippen LogP contribution in [0.5, 0.6) is 11.5 Å². The van der Waals surface area contributed by atoms with E-state index in [9.17, 15) is 4.79 Å². The lowest BCUT2D eigenvalue weighted by Gasteiger charge is -2.11. The van der Waals surface area contributed by atoms with Gasteiger partial charge in [0.05, 0.1) is 20.3 Å². The fourth-order valence-electron chi connectivity index (χ4n) is 2.57. The molecule has 0 unspecified atom stereocenters. The van der Waals surface area contributed by atoms with Crippen molar-refractivity contribution in [2.24, 2.45) is 5.92 Å². The molecule has 0 aromatic heterocycles. The third-order valence-corrected chi connectivity index (χ3v) is 4.20. The van der Waals surface area contributed by atoms with Crippen LogP contribution >= 0.6 is 0 Å². The number of carbonyl (C=O) groups excluding carboxylic acids is 1. The number of hydrogen-bond acceptors (Lipinski definition) is 4. The summed E-state index contributed by atoms with van der Waals surface area (Å²) in [7, 11) is 1.61. The van der Waals surface area contributed by atoms with Crippen molar-refractivity contribution in [1.29, 1.82) is 0 Å². The Morgan fingerprint density at radius 3 is 2.74 bits per heavy atom. The van der Waals surface area contributed by atoms with E-state index in [2.05, 4.69) is 10.6 Å². The Kier molecular flexibility index (Phi) is 6.93. The van der Waals surface area contributed by atoms with E-state index in [4.69, 9.17) is 14.2 Å². The van der Waals surface area contributed by atoms with Gasteiger partial charge in [-0.3, -0.25) is 0 Å². The minimum Gasteiger partial charge on any atom is -0.497 e. The van der Waals surface area contributed by atoms with Crippen molar-refractivity contribution in [2.75, 3.05) is 32.2 Å². The molecule has 6 heteroatoms. The molecule has 144 valence electrons. The summed E-state index contributed by atoms with van der Waals surface area (Å²) in [5.74, 6) is 2.19. The maximum atomic E-state index is 12.0. The number of carbonyl (C=O) groups is 1. The van der Waals surface area contributed by atoms with E-state index in [0.717, 1.165) is 29.5 Å². The maximum Gasteiger partial charge on any atom is 0.319 e. The number of ether oxygens (including phenoxy) is 3. The largest absolute Gasteiger partial charge is 0.497 e. The molecular formula is C21H26N2O4. The van der Waals surface area contributed by atoms with Crippen LogP contribution in [0.1, 0.15) is 18.4 Å². The third kappa shape index (κ3) is 6.83. The van der Waals surface area contributed by atoms with Gasteiger partial charge < -0.3 is 24.8 Å². The summed E-state index contributed by atoms with van der Waals surface area (Å²) < 4.78 is 16.4. The summed E-state index contributed by atoms with van der Waals surface area (Å²) in [6, 6.07) is 14.8. The van der Waals surface area contributed by atoms with Gasteiger partial charge in [-0.2, -0.15) is 0 Å². The first-order valence-corrected chi connectivity index (χ1v) is 9.21. The fourth-order valence-corrected chi connectivity index (χ4v) is 2.57. The topological polar surface area (TPSA) is 68.8 Å². The van der Waals surface area contributed by atoms with Gasteiger partial charge in [0.1, 0.15) is 18.1 Å². The molecule has 0 heterocycles. The van der Waals surface area contributed by atoms with Crippen LogP contribution in [0.3, 0.4) is 0 Å². The minimum absolute atomic E-state index is 0.264. The molecule has 0 bridgehead atoms. The second-order valence-corrected chi connectivity index (χ2v) is 6.57. The molecule has 27 heavy (non-hydrogen) atoms. The first-order valence-electron chi connectivity index (χ1n) is 9.21. The zero-order valence-corrected chi connectivity index (χ0v) is 15.6. The summed E-state index contributed by atoms with van der Waals surface area (Å²) in [6.45, 7) is 2.16. The van der Waals surface area contributed by atoms with Crippen LogP contribution in [0.15, 0.2) is 48.5 Å². The number of methoxy groups -OCH3 is 1. The van der Waals surface area contributed by atoms with Gasteiger partial charge in [-0.1, -0.05) is 18.2 Å².